The molecule has 0 aromatic heterocycles. The van der Waals surface area contributed by atoms with Gasteiger partial charge < -0.3 is 15.0 Å². The molecule has 0 aliphatic carbocycles. The highest BCUT2D eigenvalue weighted by Gasteiger charge is 2.33. The number of unbranched alkanes of at least 4 members (excludes halogenated alkanes) is 1. The lowest BCUT2D eigenvalue weighted by Crippen LogP contribution is -2.51. The van der Waals surface area contributed by atoms with Gasteiger partial charge in [-0.25, -0.2) is 8.42 Å². The fraction of sp³-hybridized carbons (Fsp3) is 0.333. The van der Waals surface area contributed by atoms with Gasteiger partial charge in [0.25, 0.3) is 10.0 Å². The number of carbonyl (C=O) groups excluding carboxylic acids is 2. The Morgan fingerprint density at radius 1 is 1.05 bits per heavy atom. The molecule has 0 aliphatic rings. The molecule has 226 valence electrons. The highest BCUT2D eigenvalue weighted by atomic mass is 79.9. The summed E-state index contributed by atoms with van der Waals surface area (Å²) in [6.45, 7) is 5.24. The van der Waals surface area contributed by atoms with Crippen LogP contribution in [0.15, 0.2) is 70.0 Å². The van der Waals surface area contributed by atoms with Crippen molar-refractivity contribution >= 4 is 66.7 Å². The van der Waals surface area contributed by atoms with Crippen molar-refractivity contribution < 1.29 is 22.7 Å². The number of hydrogen-bond donors (Lipinski definition) is 1. The molecule has 2 amide bonds. The van der Waals surface area contributed by atoms with Crippen LogP contribution in [-0.2, 0) is 26.2 Å². The Kier molecular flexibility index (Phi) is 12.1. The summed E-state index contributed by atoms with van der Waals surface area (Å²) in [7, 11) is -2.77. The first kappa shape index (κ1) is 33.7. The number of ether oxygens (including phenoxy) is 1. The number of rotatable bonds is 13. The van der Waals surface area contributed by atoms with Crippen molar-refractivity contribution in [3.05, 3.63) is 86.3 Å². The molecule has 0 saturated carbocycles. The Balaban J connectivity index is 2.06. The number of sulfonamides is 1. The van der Waals surface area contributed by atoms with E-state index in [9.17, 15) is 18.0 Å². The van der Waals surface area contributed by atoms with Gasteiger partial charge in [-0.05, 0) is 78.7 Å². The standard InChI is InChI=1S/C30H34BrCl2N3O5S/c1-5-6-16-34-30(38)21(3)35(18-24-26(32)8-7-9-27(24)33)29(37)19-36(22-12-10-20(2)11-13-22)42(39,40)23-14-15-28(41-4)25(31)17-23/h7-15,17,21H,5-6,16,18-19H2,1-4H3,(H,34,38)/t21-/m0/s1. The molecule has 3 aromatic carbocycles. The minimum atomic E-state index is -4.25. The van der Waals surface area contributed by atoms with Crippen molar-refractivity contribution in [2.45, 2.75) is 51.1 Å². The van der Waals surface area contributed by atoms with E-state index in [-0.39, 0.29) is 23.0 Å². The van der Waals surface area contributed by atoms with E-state index in [1.165, 1.54) is 30.2 Å². The van der Waals surface area contributed by atoms with E-state index in [2.05, 4.69) is 21.2 Å². The van der Waals surface area contributed by atoms with Crippen LogP contribution in [0.25, 0.3) is 0 Å². The monoisotopic (exact) mass is 697 g/mol. The van der Waals surface area contributed by atoms with Crippen LogP contribution in [0.2, 0.25) is 10.0 Å². The minimum absolute atomic E-state index is 0.0467. The number of methoxy groups -OCH3 is 1. The number of nitrogens with one attached hydrogen (secondary N) is 1. The zero-order chi connectivity index (χ0) is 31.0. The predicted molar refractivity (Wildman–Crippen MR) is 171 cm³/mol. The Labute approximate surface area is 266 Å². The van der Waals surface area contributed by atoms with Crippen LogP contribution in [0.1, 0.15) is 37.8 Å². The third-order valence-corrected chi connectivity index (χ3v) is 9.80. The average Bonchev–Trinajstić information content (AvgIpc) is 2.95. The average molecular weight is 699 g/mol. The Morgan fingerprint density at radius 2 is 1.69 bits per heavy atom. The third-order valence-electron chi connectivity index (χ3n) is 6.70. The van der Waals surface area contributed by atoms with Crippen LogP contribution in [-0.4, -0.2) is 51.4 Å². The van der Waals surface area contributed by atoms with Gasteiger partial charge in [0.1, 0.15) is 18.3 Å². The molecule has 3 rings (SSSR count). The zero-order valence-corrected chi connectivity index (χ0v) is 27.8. The highest BCUT2D eigenvalue weighted by molar-refractivity contribution is 9.10. The van der Waals surface area contributed by atoms with E-state index in [1.807, 2.05) is 13.8 Å². The van der Waals surface area contributed by atoms with Gasteiger partial charge >= 0.3 is 0 Å². The molecule has 1 N–H and O–H groups in total. The van der Waals surface area contributed by atoms with Gasteiger partial charge in [0, 0.05) is 28.7 Å². The van der Waals surface area contributed by atoms with Crippen molar-refractivity contribution in [1.29, 1.82) is 0 Å². The number of amides is 2. The van der Waals surface area contributed by atoms with E-state index in [4.69, 9.17) is 27.9 Å². The largest absolute Gasteiger partial charge is 0.496 e. The van der Waals surface area contributed by atoms with Crippen LogP contribution in [0.4, 0.5) is 5.69 Å². The van der Waals surface area contributed by atoms with Crippen LogP contribution >= 0.6 is 39.1 Å². The fourth-order valence-corrected chi connectivity index (χ4v) is 6.80. The lowest BCUT2D eigenvalue weighted by Gasteiger charge is -2.32. The molecule has 12 heteroatoms. The quantitative estimate of drug-likeness (QED) is 0.203. The van der Waals surface area contributed by atoms with Gasteiger partial charge in [0.05, 0.1) is 22.2 Å². The molecule has 1 atom stereocenters. The molecular weight excluding hydrogens is 665 g/mol. The smallest absolute Gasteiger partial charge is 0.264 e. The molecule has 0 fully saturated rings. The summed E-state index contributed by atoms with van der Waals surface area (Å²) in [5.74, 6) is -0.526. The van der Waals surface area contributed by atoms with E-state index in [0.717, 1.165) is 22.7 Å². The van der Waals surface area contributed by atoms with Gasteiger partial charge in [-0.3, -0.25) is 13.9 Å². The summed E-state index contributed by atoms with van der Waals surface area (Å²) >= 11 is 16.2. The van der Waals surface area contributed by atoms with Crippen LogP contribution in [0.3, 0.4) is 0 Å². The highest BCUT2D eigenvalue weighted by Crippen LogP contribution is 2.32. The number of anilines is 1. The van der Waals surface area contributed by atoms with Crippen molar-refractivity contribution in [3.63, 3.8) is 0 Å². The van der Waals surface area contributed by atoms with Gasteiger partial charge in [-0.1, -0.05) is 60.3 Å². The maximum atomic E-state index is 14.1. The van der Waals surface area contributed by atoms with Gasteiger partial charge in [0.15, 0.2) is 0 Å². The van der Waals surface area contributed by atoms with Crippen molar-refractivity contribution in [2.75, 3.05) is 24.5 Å². The number of aryl methyl sites for hydroxylation is 1. The molecule has 0 radical (unpaired) electrons. The number of halogens is 3. The van der Waals surface area contributed by atoms with Crippen LogP contribution < -0.4 is 14.4 Å². The Hall–Kier alpha value is -2.79. The summed E-state index contributed by atoms with van der Waals surface area (Å²) in [6, 6.07) is 15.2. The maximum absolute atomic E-state index is 14.1. The minimum Gasteiger partial charge on any atom is -0.496 e. The lowest BCUT2D eigenvalue weighted by molar-refractivity contribution is -0.139. The third kappa shape index (κ3) is 8.18. The second kappa shape index (κ2) is 15.1. The summed E-state index contributed by atoms with van der Waals surface area (Å²) in [4.78, 5) is 28.4. The van der Waals surface area contributed by atoms with Crippen molar-refractivity contribution in [2.24, 2.45) is 0 Å². The molecule has 0 spiro atoms. The van der Waals surface area contributed by atoms with E-state index >= 15 is 0 Å². The fourth-order valence-electron chi connectivity index (χ4n) is 4.15. The first-order valence-corrected chi connectivity index (χ1v) is 16.3. The zero-order valence-electron chi connectivity index (χ0n) is 23.9. The molecule has 0 saturated heterocycles. The molecule has 0 bridgehead atoms. The Bertz CT molecular complexity index is 1500. The molecule has 0 unspecified atom stereocenters. The predicted octanol–water partition coefficient (Wildman–Crippen LogP) is 6.60. The summed E-state index contributed by atoms with van der Waals surface area (Å²) < 4.78 is 34.8. The number of hydrogen-bond acceptors (Lipinski definition) is 5. The second-order valence-corrected chi connectivity index (χ2v) is 13.2. The lowest BCUT2D eigenvalue weighted by atomic mass is 10.1. The van der Waals surface area contributed by atoms with E-state index < -0.39 is 28.5 Å². The van der Waals surface area contributed by atoms with E-state index in [1.54, 1.807) is 49.4 Å². The first-order valence-electron chi connectivity index (χ1n) is 13.3. The summed E-state index contributed by atoms with van der Waals surface area (Å²) in [5, 5.41) is 3.50. The molecular formula is C30H34BrCl2N3O5S. The number of benzene rings is 3. The first-order chi connectivity index (χ1) is 19.9. The maximum Gasteiger partial charge on any atom is 0.264 e. The van der Waals surface area contributed by atoms with Gasteiger partial charge in [0.2, 0.25) is 11.8 Å². The molecule has 3 aromatic rings. The van der Waals surface area contributed by atoms with Crippen molar-refractivity contribution in [1.82, 2.24) is 10.2 Å². The summed E-state index contributed by atoms with van der Waals surface area (Å²) in [5.41, 5.74) is 1.66. The molecule has 0 aliphatic heterocycles. The number of nitrogens with zero attached hydrogens (tertiary/aromatic N) is 2. The summed E-state index contributed by atoms with van der Waals surface area (Å²) in [6.07, 6.45) is 1.66. The Morgan fingerprint density at radius 3 is 2.26 bits per heavy atom. The topological polar surface area (TPSA) is 96.0 Å². The normalized spacial score (nSPS) is 12.0. The van der Waals surface area contributed by atoms with Crippen LogP contribution in [0.5, 0.6) is 5.75 Å². The van der Waals surface area contributed by atoms with Gasteiger partial charge in [-0.15, -0.1) is 0 Å². The second-order valence-electron chi connectivity index (χ2n) is 9.69. The van der Waals surface area contributed by atoms with Crippen molar-refractivity contribution in [3.8, 4) is 5.75 Å². The van der Waals surface area contributed by atoms with Gasteiger partial charge in [-0.2, -0.15) is 0 Å². The van der Waals surface area contributed by atoms with E-state index in [0.29, 0.717) is 32.4 Å². The molecule has 0 heterocycles. The molecule has 8 nitrogen and oxygen atoms in total. The number of carbonyl (C=O) groups is 2. The van der Waals surface area contributed by atoms with Crippen LogP contribution in [0, 0.1) is 6.92 Å². The SMILES string of the molecule is CCCCNC(=O)[C@H](C)N(Cc1c(Cl)cccc1Cl)C(=O)CN(c1ccc(C)cc1)S(=O)(=O)c1ccc(OC)c(Br)c1. The molecule has 42 heavy (non-hydrogen) atoms.